The van der Waals surface area contributed by atoms with Gasteiger partial charge in [0, 0.05) is 6.42 Å². The van der Waals surface area contributed by atoms with Gasteiger partial charge in [-0.05, 0) is 118 Å². The van der Waals surface area contributed by atoms with Gasteiger partial charge in [-0.3, -0.25) is 4.79 Å². The first-order valence-corrected chi connectivity index (χ1v) is 16.4. The number of rotatable bonds is 25. The zero-order valence-corrected chi connectivity index (χ0v) is 27.4. The Labute approximate surface area is 249 Å². The Morgan fingerprint density at radius 3 is 1.60 bits per heavy atom. The maximum atomic E-state index is 12.0. The van der Waals surface area contributed by atoms with Gasteiger partial charge in [0.15, 0.2) is 0 Å². The average Bonchev–Trinajstić information content (AvgIpc) is 2.90. The fraction of sp³-hybridized carbons (Fsp3) is 0.658. The number of allylic oxidation sites excluding steroid dienone is 11. The van der Waals surface area contributed by atoms with Gasteiger partial charge in [0.2, 0.25) is 0 Å². The lowest BCUT2D eigenvalue weighted by atomic mass is 10.0. The van der Waals surface area contributed by atoms with Gasteiger partial charge in [-0.1, -0.05) is 104 Å². The summed E-state index contributed by atoms with van der Waals surface area (Å²) in [5.74, 6) is -0.0605. The lowest BCUT2D eigenvalue weighted by Gasteiger charge is -2.04. The van der Waals surface area contributed by atoms with E-state index in [1.165, 1.54) is 80.1 Å². The van der Waals surface area contributed by atoms with Crippen molar-refractivity contribution in [3.63, 3.8) is 0 Å². The van der Waals surface area contributed by atoms with Crippen molar-refractivity contribution in [2.75, 3.05) is 6.61 Å². The Balaban J connectivity index is 3.75. The SMILES string of the molecule is CCCCC/C=C\C/C=C\CCCCCCCC(=O)OC/C=C(\C)CC/C=C(\C)CC/C=C(\C)CCC=C(C)C. The quantitative estimate of drug-likeness (QED) is 0.0639. The monoisotopic (exact) mass is 552 g/mol. The van der Waals surface area contributed by atoms with Crippen molar-refractivity contribution in [3.8, 4) is 0 Å². The number of carbonyl (C=O) groups excluding carboxylic acids is 1. The summed E-state index contributed by atoms with van der Waals surface area (Å²) >= 11 is 0. The maximum absolute atomic E-state index is 12.0. The number of unbranched alkanes of at least 4 members (excludes halogenated alkanes) is 8. The first-order valence-electron chi connectivity index (χ1n) is 16.4. The highest BCUT2D eigenvalue weighted by atomic mass is 16.5. The van der Waals surface area contributed by atoms with Gasteiger partial charge in [-0.15, -0.1) is 0 Å². The minimum Gasteiger partial charge on any atom is -0.461 e. The second-order valence-electron chi connectivity index (χ2n) is 11.7. The zero-order valence-electron chi connectivity index (χ0n) is 27.4. The highest BCUT2D eigenvalue weighted by molar-refractivity contribution is 5.69. The van der Waals surface area contributed by atoms with Crippen molar-refractivity contribution >= 4 is 5.97 Å². The first kappa shape index (κ1) is 37.9. The van der Waals surface area contributed by atoms with Crippen molar-refractivity contribution in [3.05, 3.63) is 70.9 Å². The van der Waals surface area contributed by atoms with E-state index in [2.05, 4.69) is 90.2 Å². The van der Waals surface area contributed by atoms with Crippen LogP contribution in [0.3, 0.4) is 0 Å². The molecule has 0 aliphatic rings. The van der Waals surface area contributed by atoms with Gasteiger partial charge < -0.3 is 4.74 Å². The Bertz CT molecular complexity index is 799. The molecule has 0 aromatic heterocycles. The molecule has 0 spiro atoms. The molecular formula is C38H64O2. The minimum atomic E-state index is -0.0605. The number of carbonyl (C=O) groups is 1. The highest BCUT2D eigenvalue weighted by Crippen LogP contribution is 2.14. The molecule has 2 heteroatoms. The predicted octanol–water partition coefficient (Wildman–Crippen LogP) is 12.5. The molecule has 0 radical (unpaired) electrons. The zero-order chi connectivity index (χ0) is 29.7. The summed E-state index contributed by atoms with van der Waals surface area (Å²) in [7, 11) is 0. The fourth-order valence-electron chi connectivity index (χ4n) is 4.42. The van der Waals surface area contributed by atoms with Crippen LogP contribution in [0.5, 0.6) is 0 Å². The van der Waals surface area contributed by atoms with Crippen LogP contribution >= 0.6 is 0 Å². The molecule has 228 valence electrons. The smallest absolute Gasteiger partial charge is 0.306 e. The molecule has 2 nitrogen and oxygen atoms in total. The summed E-state index contributed by atoms with van der Waals surface area (Å²) in [6.07, 6.45) is 38.7. The van der Waals surface area contributed by atoms with E-state index in [1.54, 1.807) is 0 Å². The normalized spacial score (nSPS) is 13.0. The van der Waals surface area contributed by atoms with Gasteiger partial charge in [0.1, 0.15) is 6.61 Å². The van der Waals surface area contributed by atoms with E-state index < -0.39 is 0 Å². The first-order chi connectivity index (χ1) is 19.3. The van der Waals surface area contributed by atoms with E-state index in [0.717, 1.165) is 51.4 Å². The van der Waals surface area contributed by atoms with Crippen LogP contribution in [0.25, 0.3) is 0 Å². The highest BCUT2D eigenvalue weighted by Gasteiger charge is 2.02. The Kier molecular flexibility index (Phi) is 27.0. The van der Waals surface area contributed by atoms with Crippen LogP contribution in [-0.4, -0.2) is 12.6 Å². The van der Waals surface area contributed by atoms with Crippen molar-refractivity contribution < 1.29 is 9.53 Å². The van der Waals surface area contributed by atoms with Crippen LogP contribution in [0.1, 0.15) is 157 Å². The largest absolute Gasteiger partial charge is 0.461 e. The molecule has 0 aromatic carbocycles. The third kappa shape index (κ3) is 28.9. The van der Waals surface area contributed by atoms with Crippen LogP contribution in [0, 0.1) is 0 Å². The van der Waals surface area contributed by atoms with E-state index in [9.17, 15) is 4.79 Å². The molecule has 0 heterocycles. The van der Waals surface area contributed by atoms with Crippen LogP contribution < -0.4 is 0 Å². The molecule has 0 aliphatic carbocycles. The van der Waals surface area contributed by atoms with Crippen LogP contribution in [0.2, 0.25) is 0 Å². The number of esters is 1. The summed E-state index contributed by atoms with van der Waals surface area (Å²) in [6, 6.07) is 0. The minimum absolute atomic E-state index is 0.0605. The molecule has 0 N–H and O–H groups in total. The van der Waals surface area contributed by atoms with Gasteiger partial charge in [0.25, 0.3) is 0 Å². The molecule has 0 atom stereocenters. The Hall–Kier alpha value is -2.09. The van der Waals surface area contributed by atoms with Gasteiger partial charge in [-0.25, -0.2) is 0 Å². The molecule has 0 rings (SSSR count). The number of ether oxygens (including phenoxy) is 1. The van der Waals surface area contributed by atoms with Crippen molar-refractivity contribution in [2.45, 2.75) is 157 Å². The third-order valence-electron chi connectivity index (χ3n) is 7.16. The summed E-state index contributed by atoms with van der Waals surface area (Å²) in [6.45, 7) is 13.6. The molecule has 0 aliphatic heterocycles. The van der Waals surface area contributed by atoms with Gasteiger partial charge in [-0.2, -0.15) is 0 Å². The van der Waals surface area contributed by atoms with Crippen LogP contribution in [0.15, 0.2) is 70.9 Å². The fourth-order valence-corrected chi connectivity index (χ4v) is 4.42. The third-order valence-corrected chi connectivity index (χ3v) is 7.16. The van der Waals surface area contributed by atoms with Gasteiger partial charge in [0.05, 0.1) is 0 Å². The predicted molar refractivity (Wildman–Crippen MR) is 179 cm³/mol. The van der Waals surface area contributed by atoms with Crippen molar-refractivity contribution in [1.29, 1.82) is 0 Å². The Morgan fingerprint density at radius 1 is 0.525 bits per heavy atom. The molecule has 0 fully saturated rings. The van der Waals surface area contributed by atoms with Gasteiger partial charge >= 0.3 is 5.97 Å². The molecule has 0 amide bonds. The van der Waals surface area contributed by atoms with E-state index in [0.29, 0.717) is 13.0 Å². The average molecular weight is 553 g/mol. The lowest BCUT2D eigenvalue weighted by Crippen LogP contribution is -2.04. The Morgan fingerprint density at radius 2 is 1.02 bits per heavy atom. The van der Waals surface area contributed by atoms with Crippen molar-refractivity contribution in [2.24, 2.45) is 0 Å². The molecule has 0 saturated carbocycles. The summed E-state index contributed by atoms with van der Waals surface area (Å²) in [5, 5.41) is 0. The molecule has 0 unspecified atom stereocenters. The summed E-state index contributed by atoms with van der Waals surface area (Å²) < 4.78 is 5.42. The summed E-state index contributed by atoms with van der Waals surface area (Å²) in [4.78, 5) is 12.0. The number of hydrogen-bond donors (Lipinski definition) is 0. The molecule has 0 bridgehead atoms. The van der Waals surface area contributed by atoms with Crippen LogP contribution in [0.4, 0.5) is 0 Å². The van der Waals surface area contributed by atoms with Crippen LogP contribution in [-0.2, 0) is 9.53 Å². The second kappa shape index (κ2) is 28.4. The standard InChI is InChI=1S/C38H64O2/c1-7-8-9-10-11-12-13-14-15-16-17-18-19-20-21-31-38(39)40-33-32-37(6)30-24-29-36(5)28-23-27-35(4)26-22-25-34(2)3/h11-12,14-15,25,27,29,32H,7-10,13,16-24,26,28,30-31,33H2,1-6H3/b12-11-,15-14-,35-27+,36-29+,37-32+. The maximum Gasteiger partial charge on any atom is 0.306 e. The van der Waals surface area contributed by atoms with E-state index in [1.807, 2.05) is 0 Å². The molecule has 0 aromatic rings. The second-order valence-corrected chi connectivity index (χ2v) is 11.7. The summed E-state index contributed by atoms with van der Waals surface area (Å²) in [5.41, 5.74) is 5.66. The molecule has 40 heavy (non-hydrogen) atoms. The lowest BCUT2D eigenvalue weighted by molar-refractivity contribution is -0.142. The van der Waals surface area contributed by atoms with E-state index in [4.69, 9.17) is 4.74 Å². The number of hydrogen-bond acceptors (Lipinski definition) is 2. The topological polar surface area (TPSA) is 26.3 Å². The van der Waals surface area contributed by atoms with Crippen molar-refractivity contribution in [1.82, 2.24) is 0 Å². The van der Waals surface area contributed by atoms with E-state index in [-0.39, 0.29) is 5.97 Å². The molecular weight excluding hydrogens is 488 g/mol. The molecule has 0 saturated heterocycles. The van der Waals surface area contributed by atoms with E-state index >= 15 is 0 Å².